The molecule has 0 unspecified atom stereocenters. The summed E-state index contributed by atoms with van der Waals surface area (Å²) in [5.74, 6) is 0.401. The number of hydrogen-bond acceptors (Lipinski definition) is 2. The number of amides is 1. The molecule has 3 nitrogen and oxygen atoms in total. The first-order valence-corrected chi connectivity index (χ1v) is 8.02. The summed E-state index contributed by atoms with van der Waals surface area (Å²) in [6.07, 6.45) is 5.16. The molecule has 20 heavy (non-hydrogen) atoms. The zero-order valence-corrected chi connectivity index (χ0v) is 13.2. The van der Waals surface area contributed by atoms with Crippen LogP contribution >= 0.6 is 15.9 Å². The maximum Gasteiger partial charge on any atom is 0.222 e. The first-order valence-electron chi connectivity index (χ1n) is 7.23. The van der Waals surface area contributed by atoms with Gasteiger partial charge in [0.05, 0.1) is 0 Å². The average Bonchev–Trinajstić information content (AvgIpc) is 2.65. The summed E-state index contributed by atoms with van der Waals surface area (Å²) in [5, 5.41) is 0. The van der Waals surface area contributed by atoms with Gasteiger partial charge in [-0.1, -0.05) is 34.5 Å². The number of carbonyl (C=O) groups is 2. The van der Waals surface area contributed by atoms with Crippen LogP contribution in [0.25, 0.3) is 0 Å². The second-order valence-electron chi connectivity index (χ2n) is 5.23. The maximum absolute atomic E-state index is 12.0. The highest BCUT2D eigenvalue weighted by Crippen LogP contribution is 2.14. The van der Waals surface area contributed by atoms with Gasteiger partial charge >= 0.3 is 0 Å². The Hall–Kier alpha value is -1.16. The van der Waals surface area contributed by atoms with E-state index in [9.17, 15) is 9.59 Å². The highest BCUT2D eigenvalue weighted by Gasteiger charge is 2.16. The Balaban J connectivity index is 1.78. The van der Waals surface area contributed by atoms with Gasteiger partial charge < -0.3 is 4.90 Å². The van der Waals surface area contributed by atoms with Gasteiger partial charge in [-0.05, 0) is 31.4 Å². The summed E-state index contributed by atoms with van der Waals surface area (Å²) < 4.78 is 0.976. The zero-order chi connectivity index (χ0) is 14.4. The van der Waals surface area contributed by atoms with Crippen LogP contribution in [0.4, 0.5) is 0 Å². The molecule has 1 saturated heterocycles. The average molecular weight is 338 g/mol. The Morgan fingerprint density at radius 3 is 2.65 bits per heavy atom. The fraction of sp³-hybridized carbons (Fsp3) is 0.500. The number of rotatable bonds is 5. The third-order valence-electron chi connectivity index (χ3n) is 3.67. The molecule has 1 amide bonds. The molecule has 0 aliphatic carbocycles. The fourth-order valence-electron chi connectivity index (χ4n) is 2.49. The number of hydrogen-bond donors (Lipinski definition) is 0. The number of Topliss-reactive ketones (excluding diaryl/α,β-unsaturated/α-hetero) is 1. The van der Waals surface area contributed by atoms with Crippen molar-refractivity contribution in [3.63, 3.8) is 0 Å². The normalized spacial score (nSPS) is 16.1. The summed E-state index contributed by atoms with van der Waals surface area (Å²) in [6, 6.07) is 7.43. The van der Waals surface area contributed by atoms with Crippen LogP contribution in [0, 0.1) is 0 Å². The van der Waals surface area contributed by atoms with Gasteiger partial charge in [0.1, 0.15) is 0 Å². The van der Waals surface area contributed by atoms with E-state index in [4.69, 9.17) is 0 Å². The molecule has 1 fully saturated rings. The van der Waals surface area contributed by atoms with E-state index in [1.54, 1.807) is 0 Å². The van der Waals surface area contributed by atoms with Crippen LogP contribution in [0.2, 0.25) is 0 Å². The molecule has 1 aromatic rings. The van der Waals surface area contributed by atoms with Gasteiger partial charge in [-0.2, -0.15) is 0 Å². The minimum atomic E-state index is 0.153. The predicted molar refractivity (Wildman–Crippen MR) is 82.8 cm³/mol. The maximum atomic E-state index is 12.0. The molecular weight excluding hydrogens is 318 g/mol. The van der Waals surface area contributed by atoms with Gasteiger partial charge in [-0.3, -0.25) is 9.59 Å². The van der Waals surface area contributed by atoms with Crippen LogP contribution in [0.5, 0.6) is 0 Å². The van der Waals surface area contributed by atoms with E-state index in [0.717, 1.165) is 42.3 Å². The largest absolute Gasteiger partial charge is 0.343 e. The minimum Gasteiger partial charge on any atom is -0.343 e. The van der Waals surface area contributed by atoms with Crippen molar-refractivity contribution in [1.82, 2.24) is 4.90 Å². The predicted octanol–water partition coefficient (Wildman–Crippen LogP) is 3.81. The number of halogens is 1. The number of ketones is 1. The van der Waals surface area contributed by atoms with E-state index in [0.29, 0.717) is 19.4 Å². The van der Waals surface area contributed by atoms with Crippen molar-refractivity contribution in [3.05, 3.63) is 34.3 Å². The summed E-state index contributed by atoms with van der Waals surface area (Å²) in [7, 11) is 0. The lowest BCUT2D eigenvalue weighted by molar-refractivity contribution is -0.130. The monoisotopic (exact) mass is 337 g/mol. The molecule has 0 spiro atoms. The Labute approximate surface area is 128 Å². The number of carbonyl (C=O) groups excluding carboxylic acids is 2. The lowest BCUT2D eigenvalue weighted by Gasteiger charge is -2.20. The highest BCUT2D eigenvalue weighted by molar-refractivity contribution is 9.10. The lowest BCUT2D eigenvalue weighted by atomic mass is 10.1. The third-order valence-corrected chi connectivity index (χ3v) is 4.20. The van der Waals surface area contributed by atoms with Crippen LogP contribution in [-0.4, -0.2) is 29.7 Å². The number of nitrogens with zero attached hydrogens (tertiary/aromatic N) is 1. The Kier molecular flexibility index (Phi) is 5.77. The molecule has 0 saturated carbocycles. The second-order valence-corrected chi connectivity index (χ2v) is 6.14. The second kappa shape index (κ2) is 7.58. The van der Waals surface area contributed by atoms with Crippen LogP contribution in [-0.2, 0) is 4.79 Å². The smallest absolute Gasteiger partial charge is 0.222 e. The third kappa shape index (κ3) is 4.44. The highest BCUT2D eigenvalue weighted by atomic mass is 79.9. The Morgan fingerprint density at radius 1 is 1.15 bits per heavy atom. The van der Waals surface area contributed by atoms with Crippen molar-refractivity contribution < 1.29 is 9.59 Å². The molecule has 0 atom stereocenters. The van der Waals surface area contributed by atoms with Crippen LogP contribution in [0.3, 0.4) is 0 Å². The van der Waals surface area contributed by atoms with E-state index in [1.165, 1.54) is 0 Å². The Bertz CT molecular complexity index is 470. The fourth-order valence-corrected chi connectivity index (χ4v) is 2.75. The lowest BCUT2D eigenvalue weighted by Crippen LogP contribution is -2.31. The van der Waals surface area contributed by atoms with E-state index in [-0.39, 0.29) is 11.7 Å². The molecule has 1 aliphatic rings. The molecule has 0 bridgehead atoms. The van der Waals surface area contributed by atoms with Crippen LogP contribution < -0.4 is 0 Å². The van der Waals surface area contributed by atoms with Crippen molar-refractivity contribution in [1.29, 1.82) is 0 Å². The van der Waals surface area contributed by atoms with E-state index in [1.807, 2.05) is 29.2 Å². The molecule has 1 aromatic carbocycles. The van der Waals surface area contributed by atoms with Crippen molar-refractivity contribution in [2.75, 3.05) is 13.1 Å². The molecule has 4 heteroatoms. The topological polar surface area (TPSA) is 37.4 Å². The molecule has 2 rings (SSSR count). The van der Waals surface area contributed by atoms with E-state index in [2.05, 4.69) is 15.9 Å². The standard InChI is InChI=1S/C16H20BrNO2/c17-14-9-7-13(8-10-14)15(19)5-4-12-18-11-3-1-2-6-16(18)20/h7-10H,1-6,11-12H2. The van der Waals surface area contributed by atoms with Crippen molar-refractivity contribution in [2.24, 2.45) is 0 Å². The molecule has 0 radical (unpaired) electrons. The SMILES string of the molecule is O=C(CCCN1CCCCCC1=O)c1ccc(Br)cc1. The zero-order valence-electron chi connectivity index (χ0n) is 11.6. The van der Waals surface area contributed by atoms with Gasteiger partial charge in [0.25, 0.3) is 0 Å². The number of likely N-dealkylation sites (tertiary alicyclic amines) is 1. The molecule has 1 aliphatic heterocycles. The van der Waals surface area contributed by atoms with Gasteiger partial charge in [0.15, 0.2) is 5.78 Å². The van der Waals surface area contributed by atoms with Gasteiger partial charge in [-0.25, -0.2) is 0 Å². The summed E-state index contributed by atoms with van der Waals surface area (Å²) >= 11 is 3.36. The summed E-state index contributed by atoms with van der Waals surface area (Å²) in [4.78, 5) is 25.8. The number of benzene rings is 1. The Morgan fingerprint density at radius 2 is 1.90 bits per heavy atom. The van der Waals surface area contributed by atoms with Gasteiger partial charge in [0.2, 0.25) is 5.91 Å². The van der Waals surface area contributed by atoms with Gasteiger partial charge in [-0.15, -0.1) is 0 Å². The first-order chi connectivity index (χ1) is 9.66. The minimum absolute atomic E-state index is 0.153. The summed E-state index contributed by atoms with van der Waals surface area (Å²) in [5.41, 5.74) is 0.746. The van der Waals surface area contributed by atoms with Crippen molar-refractivity contribution in [2.45, 2.75) is 38.5 Å². The molecule has 0 aromatic heterocycles. The van der Waals surface area contributed by atoms with Crippen molar-refractivity contribution in [3.8, 4) is 0 Å². The first kappa shape index (κ1) is 15.2. The van der Waals surface area contributed by atoms with Crippen LogP contribution in [0.15, 0.2) is 28.7 Å². The van der Waals surface area contributed by atoms with E-state index < -0.39 is 0 Å². The quantitative estimate of drug-likeness (QED) is 0.766. The van der Waals surface area contributed by atoms with Crippen molar-refractivity contribution >= 4 is 27.6 Å². The molecular formula is C16H20BrNO2. The van der Waals surface area contributed by atoms with Crippen LogP contribution in [0.1, 0.15) is 48.9 Å². The van der Waals surface area contributed by atoms with E-state index >= 15 is 0 Å². The van der Waals surface area contributed by atoms with Gasteiger partial charge in [0, 0.05) is 36.0 Å². The molecule has 108 valence electrons. The molecule has 1 heterocycles. The summed E-state index contributed by atoms with van der Waals surface area (Å²) in [6.45, 7) is 1.56. The molecule has 0 N–H and O–H groups in total.